The lowest BCUT2D eigenvalue weighted by atomic mass is 9.73. The summed E-state index contributed by atoms with van der Waals surface area (Å²) < 4.78 is 1.26. The molecule has 1 aliphatic rings. The van der Waals surface area contributed by atoms with E-state index < -0.39 is 0 Å². The molecule has 1 unspecified atom stereocenters. The van der Waals surface area contributed by atoms with E-state index in [-0.39, 0.29) is 0 Å². The molecule has 1 aliphatic carbocycles. The zero-order valence-corrected chi connectivity index (χ0v) is 10.1. The molecule has 0 radical (unpaired) electrons. The lowest BCUT2D eigenvalue weighted by Gasteiger charge is -2.32. The predicted molar refractivity (Wildman–Crippen MR) is 64.5 cm³/mol. The minimum atomic E-state index is 0.299. The quantitative estimate of drug-likeness (QED) is 0.658. The van der Waals surface area contributed by atoms with Crippen LogP contribution in [0.2, 0.25) is 0 Å². The van der Waals surface area contributed by atoms with Gasteiger partial charge in [0.25, 0.3) is 0 Å². The SMILES string of the molecule is C=CC1(C)CCc2c(Br)cccc2C1. The molecule has 0 saturated carbocycles. The average Bonchev–Trinajstić information content (AvgIpc) is 2.18. The van der Waals surface area contributed by atoms with Gasteiger partial charge in [0.1, 0.15) is 0 Å². The highest BCUT2D eigenvalue weighted by molar-refractivity contribution is 9.10. The fraction of sp³-hybridized carbons (Fsp3) is 0.385. The van der Waals surface area contributed by atoms with Crippen LogP contribution in [0.1, 0.15) is 24.5 Å². The molecule has 0 N–H and O–H groups in total. The van der Waals surface area contributed by atoms with E-state index in [0.29, 0.717) is 5.41 Å². The first kappa shape index (κ1) is 9.97. The van der Waals surface area contributed by atoms with Crippen LogP contribution < -0.4 is 0 Å². The molecule has 1 aromatic rings. The number of fused-ring (bicyclic) bond motifs is 1. The standard InChI is InChI=1S/C13H15Br/c1-3-13(2)8-7-11-10(9-13)5-4-6-12(11)14/h3-6H,1,7-9H2,2H3. The number of halogens is 1. The van der Waals surface area contributed by atoms with E-state index in [4.69, 9.17) is 0 Å². The summed E-state index contributed by atoms with van der Waals surface area (Å²) >= 11 is 3.62. The minimum Gasteiger partial charge on any atom is -0.103 e. The lowest BCUT2D eigenvalue weighted by Crippen LogP contribution is -2.23. The fourth-order valence-electron chi connectivity index (χ4n) is 2.16. The fourth-order valence-corrected chi connectivity index (χ4v) is 2.76. The topological polar surface area (TPSA) is 0 Å². The summed E-state index contributed by atoms with van der Waals surface area (Å²) in [5.74, 6) is 0. The van der Waals surface area contributed by atoms with Gasteiger partial charge in [0, 0.05) is 4.47 Å². The zero-order chi connectivity index (χ0) is 10.2. The first-order valence-electron chi connectivity index (χ1n) is 5.04. The first-order valence-corrected chi connectivity index (χ1v) is 5.84. The molecule has 0 amide bonds. The van der Waals surface area contributed by atoms with Crippen LogP contribution in [0.5, 0.6) is 0 Å². The molecule has 0 heterocycles. The molecule has 2 rings (SSSR count). The van der Waals surface area contributed by atoms with Crippen LogP contribution >= 0.6 is 15.9 Å². The van der Waals surface area contributed by atoms with Crippen LogP contribution in [-0.4, -0.2) is 0 Å². The third kappa shape index (κ3) is 1.66. The second-order valence-corrected chi connectivity index (χ2v) is 5.27. The van der Waals surface area contributed by atoms with Gasteiger partial charge in [-0.1, -0.05) is 41.1 Å². The summed E-state index contributed by atoms with van der Waals surface area (Å²) in [6.45, 7) is 6.24. The van der Waals surface area contributed by atoms with Gasteiger partial charge in [-0.25, -0.2) is 0 Å². The van der Waals surface area contributed by atoms with Gasteiger partial charge in [0.05, 0.1) is 0 Å². The number of rotatable bonds is 1. The summed E-state index contributed by atoms with van der Waals surface area (Å²) in [6.07, 6.45) is 5.62. The van der Waals surface area contributed by atoms with Gasteiger partial charge in [0.15, 0.2) is 0 Å². The monoisotopic (exact) mass is 250 g/mol. The Labute approximate surface area is 94.2 Å². The molecule has 0 aliphatic heterocycles. The molecular formula is C13H15Br. The van der Waals surface area contributed by atoms with Crippen LogP contribution in [0.15, 0.2) is 35.3 Å². The molecule has 14 heavy (non-hydrogen) atoms. The number of hydrogen-bond acceptors (Lipinski definition) is 0. The number of hydrogen-bond donors (Lipinski definition) is 0. The Morgan fingerprint density at radius 2 is 2.29 bits per heavy atom. The van der Waals surface area contributed by atoms with E-state index in [1.165, 1.54) is 28.4 Å². The molecule has 74 valence electrons. The second-order valence-electron chi connectivity index (χ2n) is 4.41. The Balaban J connectivity index is 2.41. The van der Waals surface area contributed by atoms with Crippen molar-refractivity contribution in [3.8, 4) is 0 Å². The van der Waals surface area contributed by atoms with Crippen molar-refractivity contribution in [1.29, 1.82) is 0 Å². The lowest BCUT2D eigenvalue weighted by molar-refractivity contribution is 0.368. The molecule has 0 fully saturated rings. The van der Waals surface area contributed by atoms with Gasteiger partial charge in [-0.3, -0.25) is 0 Å². The van der Waals surface area contributed by atoms with E-state index in [2.05, 4.69) is 53.7 Å². The maximum absolute atomic E-state index is 3.94. The molecular weight excluding hydrogens is 236 g/mol. The van der Waals surface area contributed by atoms with Gasteiger partial charge >= 0.3 is 0 Å². The average molecular weight is 251 g/mol. The van der Waals surface area contributed by atoms with Crippen LogP contribution in [0.25, 0.3) is 0 Å². The Hall–Kier alpha value is -0.560. The van der Waals surface area contributed by atoms with Gasteiger partial charge in [-0.2, -0.15) is 0 Å². The van der Waals surface area contributed by atoms with Crippen molar-refractivity contribution in [2.24, 2.45) is 5.41 Å². The van der Waals surface area contributed by atoms with Crippen molar-refractivity contribution in [1.82, 2.24) is 0 Å². The van der Waals surface area contributed by atoms with Crippen LogP contribution in [0.3, 0.4) is 0 Å². The summed E-state index contributed by atoms with van der Waals surface area (Å²) in [7, 11) is 0. The van der Waals surface area contributed by atoms with Crippen LogP contribution in [0.4, 0.5) is 0 Å². The van der Waals surface area contributed by atoms with Gasteiger partial charge in [-0.05, 0) is 41.9 Å². The van der Waals surface area contributed by atoms with Crippen LogP contribution in [-0.2, 0) is 12.8 Å². The van der Waals surface area contributed by atoms with E-state index in [0.717, 1.165) is 6.42 Å². The summed E-state index contributed by atoms with van der Waals surface area (Å²) in [4.78, 5) is 0. The largest absolute Gasteiger partial charge is 0.103 e. The van der Waals surface area contributed by atoms with Crippen molar-refractivity contribution in [3.05, 3.63) is 46.5 Å². The normalized spacial score (nSPS) is 25.6. The maximum atomic E-state index is 3.94. The molecule has 0 saturated heterocycles. The third-order valence-corrected chi connectivity index (χ3v) is 3.99. The highest BCUT2D eigenvalue weighted by Crippen LogP contribution is 2.38. The smallest absolute Gasteiger partial charge is 0.0210 e. The van der Waals surface area contributed by atoms with Crippen molar-refractivity contribution in [2.75, 3.05) is 0 Å². The summed E-state index contributed by atoms with van der Waals surface area (Å²) in [5.41, 5.74) is 3.27. The second kappa shape index (κ2) is 3.54. The van der Waals surface area contributed by atoms with Crippen molar-refractivity contribution in [3.63, 3.8) is 0 Å². The zero-order valence-electron chi connectivity index (χ0n) is 8.52. The molecule has 0 bridgehead atoms. The first-order chi connectivity index (χ1) is 6.64. The highest BCUT2D eigenvalue weighted by atomic mass is 79.9. The molecule has 0 nitrogen and oxygen atoms in total. The van der Waals surface area contributed by atoms with Gasteiger partial charge in [-0.15, -0.1) is 6.58 Å². The molecule has 1 aromatic carbocycles. The van der Waals surface area contributed by atoms with Crippen molar-refractivity contribution >= 4 is 15.9 Å². The predicted octanol–water partition coefficient (Wildman–Crippen LogP) is 4.13. The Bertz CT molecular complexity index is 367. The van der Waals surface area contributed by atoms with E-state index in [9.17, 15) is 0 Å². The van der Waals surface area contributed by atoms with Gasteiger partial charge < -0.3 is 0 Å². The minimum absolute atomic E-state index is 0.299. The van der Waals surface area contributed by atoms with E-state index >= 15 is 0 Å². The van der Waals surface area contributed by atoms with Crippen molar-refractivity contribution < 1.29 is 0 Å². The van der Waals surface area contributed by atoms with Crippen molar-refractivity contribution in [2.45, 2.75) is 26.2 Å². The molecule has 0 spiro atoms. The Kier molecular flexibility index (Phi) is 2.52. The summed E-state index contributed by atoms with van der Waals surface area (Å²) in [5, 5.41) is 0. The van der Waals surface area contributed by atoms with E-state index in [1.807, 2.05) is 0 Å². The maximum Gasteiger partial charge on any atom is 0.0210 e. The Morgan fingerprint density at radius 1 is 1.50 bits per heavy atom. The van der Waals surface area contributed by atoms with Gasteiger partial charge in [0.2, 0.25) is 0 Å². The number of benzene rings is 1. The number of allylic oxidation sites excluding steroid dienone is 1. The van der Waals surface area contributed by atoms with Crippen LogP contribution in [0, 0.1) is 5.41 Å². The molecule has 0 aromatic heterocycles. The highest BCUT2D eigenvalue weighted by Gasteiger charge is 2.27. The Morgan fingerprint density at radius 3 is 3.00 bits per heavy atom. The summed E-state index contributed by atoms with van der Waals surface area (Å²) in [6, 6.07) is 6.49. The molecule has 1 atom stereocenters. The molecule has 1 heteroatoms. The van der Waals surface area contributed by atoms with E-state index in [1.54, 1.807) is 0 Å². The third-order valence-electron chi connectivity index (χ3n) is 3.25.